The number of halogens is 2. The molecule has 29 heavy (non-hydrogen) atoms. The molecule has 0 aliphatic rings. The quantitative estimate of drug-likeness (QED) is 0.568. The van der Waals surface area contributed by atoms with Crippen LogP contribution in [0.4, 0.5) is 8.78 Å². The van der Waals surface area contributed by atoms with Gasteiger partial charge in [0.15, 0.2) is 17.3 Å². The number of nitrogens with one attached hydrogen (secondary N) is 1. The van der Waals surface area contributed by atoms with E-state index in [1.165, 1.54) is 19.2 Å². The van der Waals surface area contributed by atoms with Crippen LogP contribution in [0.1, 0.15) is 37.5 Å². The lowest BCUT2D eigenvalue weighted by Gasteiger charge is -2.17. The molecule has 0 fully saturated rings. The molecule has 1 atom stereocenters. The van der Waals surface area contributed by atoms with E-state index in [1.54, 1.807) is 13.0 Å². The molecule has 11 heteroatoms. The summed E-state index contributed by atoms with van der Waals surface area (Å²) < 4.78 is 44.9. The number of ether oxygens (including phenoxy) is 2. The zero-order valence-corrected chi connectivity index (χ0v) is 16.3. The van der Waals surface area contributed by atoms with E-state index >= 15 is 0 Å². The molecule has 0 amide bonds. The smallest absolute Gasteiger partial charge is 0.387 e. The number of alkyl halides is 2. The molecule has 0 saturated carbocycles. The molecular formula is C18H21F2N5O4. The second-order valence-electron chi connectivity index (χ2n) is 6.54. The molecule has 2 heterocycles. The summed E-state index contributed by atoms with van der Waals surface area (Å²) in [7, 11) is 1.36. The highest BCUT2D eigenvalue weighted by Gasteiger charge is 2.23. The molecule has 1 N–H and O–H groups in total. The van der Waals surface area contributed by atoms with Gasteiger partial charge in [-0.05, 0) is 31.0 Å². The maximum Gasteiger partial charge on any atom is 0.387 e. The summed E-state index contributed by atoms with van der Waals surface area (Å²) in [5.41, 5.74) is 0.534. The van der Waals surface area contributed by atoms with Crippen molar-refractivity contribution >= 4 is 0 Å². The van der Waals surface area contributed by atoms with Crippen LogP contribution in [0.5, 0.6) is 11.5 Å². The Morgan fingerprint density at radius 1 is 1.10 bits per heavy atom. The van der Waals surface area contributed by atoms with Crippen LogP contribution in [-0.2, 0) is 6.54 Å². The number of benzene rings is 1. The number of nitrogens with zero attached hydrogens (tertiary/aromatic N) is 4. The number of aryl methyl sites for hydroxylation is 1. The van der Waals surface area contributed by atoms with E-state index < -0.39 is 6.61 Å². The summed E-state index contributed by atoms with van der Waals surface area (Å²) in [4.78, 5) is 8.58. The molecule has 2 aromatic heterocycles. The third-order valence-corrected chi connectivity index (χ3v) is 4.06. The van der Waals surface area contributed by atoms with Crippen molar-refractivity contribution in [1.29, 1.82) is 0 Å². The van der Waals surface area contributed by atoms with Gasteiger partial charge in [0.25, 0.3) is 0 Å². The van der Waals surface area contributed by atoms with E-state index in [4.69, 9.17) is 13.8 Å². The van der Waals surface area contributed by atoms with E-state index in [9.17, 15) is 8.78 Å². The molecule has 0 aliphatic carbocycles. The van der Waals surface area contributed by atoms with Gasteiger partial charge in [-0.1, -0.05) is 24.2 Å². The summed E-state index contributed by atoms with van der Waals surface area (Å²) in [5.74, 6) is 1.92. The number of hydrogen-bond acceptors (Lipinski definition) is 9. The molecule has 156 valence electrons. The predicted octanol–water partition coefficient (Wildman–Crippen LogP) is 3.52. The van der Waals surface area contributed by atoms with Crippen LogP contribution in [0, 0.1) is 12.8 Å². The van der Waals surface area contributed by atoms with E-state index in [0.717, 1.165) is 0 Å². The predicted molar refractivity (Wildman–Crippen MR) is 96.4 cm³/mol. The number of aromatic nitrogens is 4. The van der Waals surface area contributed by atoms with E-state index in [2.05, 4.69) is 30.3 Å². The van der Waals surface area contributed by atoms with Gasteiger partial charge in [-0.25, -0.2) is 0 Å². The highest BCUT2D eigenvalue weighted by Crippen LogP contribution is 2.32. The summed E-state index contributed by atoms with van der Waals surface area (Å²) in [6.07, 6.45) is 0. The monoisotopic (exact) mass is 409 g/mol. The van der Waals surface area contributed by atoms with Gasteiger partial charge in [0.05, 0.1) is 19.7 Å². The van der Waals surface area contributed by atoms with Crippen molar-refractivity contribution in [2.75, 3.05) is 7.11 Å². The Labute approximate surface area is 165 Å². The lowest BCUT2D eigenvalue weighted by Crippen LogP contribution is -2.25. The van der Waals surface area contributed by atoms with Crippen molar-refractivity contribution in [3.63, 3.8) is 0 Å². The fourth-order valence-electron chi connectivity index (χ4n) is 2.69. The first kappa shape index (κ1) is 20.6. The summed E-state index contributed by atoms with van der Waals surface area (Å²) in [6.45, 7) is 3.12. The zero-order chi connectivity index (χ0) is 21.0. The fraction of sp³-hybridized carbons (Fsp3) is 0.444. The van der Waals surface area contributed by atoms with Crippen LogP contribution in [0.2, 0.25) is 0 Å². The van der Waals surface area contributed by atoms with Gasteiger partial charge < -0.3 is 18.5 Å². The Morgan fingerprint density at radius 3 is 2.52 bits per heavy atom. The van der Waals surface area contributed by atoms with Crippen molar-refractivity contribution in [2.24, 2.45) is 5.92 Å². The van der Waals surface area contributed by atoms with Gasteiger partial charge in [-0.3, -0.25) is 5.32 Å². The highest BCUT2D eigenvalue weighted by atomic mass is 19.3. The maximum atomic E-state index is 12.5. The molecule has 3 aromatic rings. The molecule has 0 saturated heterocycles. The first-order chi connectivity index (χ1) is 13.9. The Balaban J connectivity index is 1.72. The lowest BCUT2D eigenvalue weighted by molar-refractivity contribution is -0.0512. The molecule has 1 unspecified atom stereocenters. The molecule has 3 rings (SSSR count). The normalized spacial score (nSPS) is 12.6. The second-order valence-corrected chi connectivity index (χ2v) is 6.54. The van der Waals surface area contributed by atoms with Crippen LogP contribution >= 0.6 is 0 Å². The van der Waals surface area contributed by atoms with Crippen LogP contribution < -0.4 is 14.8 Å². The summed E-state index contributed by atoms with van der Waals surface area (Å²) in [6, 6.07) is 4.22. The minimum Gasteiger partial charge on any atom is -0.493 e. The lowest BCUT2D eigenvalue weighted by atomic mass is 10.0. The Bertz CT molecular complexity index is 944. The van der Waals surface area contributed by atoms with Gasteiger partial charge in [0, 0.05) is 5.56 Å². The first-order valence-corrected chi connectivity index (χ1v) is 8.86. The van der Waals surface area contributed by atoms with Gasteiger partial charge in [0.1, 0.15) is 0 Å². The molecule has 0 aliphatic heterocycles. The van der Waals surface area contributed by atoms with Gasteiger partial charge >= 0.3 is 6.61 Å². The molecular weight excluding hydrogens is 388 g/mol. The van der Waals surface area contributed by atoms with Crippen molar-refractivity contribution in [3.8, 4) is 22.9 Å². The third kappa shape index (κ3) is 5.05. The highest BCUT2D eigenvalue weighted by molar-refractivity contribution is 5.60. The van der Waals surface area contributed by atoms with Gasteiger partial charge in [0.2, 0.25) is 17.6 Å². The molecule has 0 bridgehead atoms. The molecule has 9 nitrogen and oxygen atoms in total. The van der Waals surface area contributed by atoms with Crippen LogP contribution in [0.15, 0.2) is 27.2 Å². The van der Waals surface area contributed by atoms with Gasteiger partial charge in [-0.15, -0.1) is 0 Å². The van der Waals surface area contributed by atoms with Crippen molar-refractivity contribution in [1.82, 2.24) is 25.6 Å². The average molecular weight is 409 g/mol. The maximum absolute atomic E-state index is 12.5. The van der Waals surface area contributed by atoms with E-state index in [0.29, 0.717) is 29.0 Å². The SMILES string of the molecule is COc1cc(-c2noc(CNC(c3nc(C)no3)C(C)C)n2)ccc1OC(F)F. The van der Waals surface area contributed by atoms with Crippen LogP contribution in [0.3, 0.4) is 0 Å². The number of methoxy groups -OCH3 is 1. The first-order valence-electron chi connectivity index (χ1n) is 8.86. The van der Waals surface area contributed by atoms with Crippen molar-refractivity contribution in [3.05, 3.63) is 35.8 Å². The standard InChI is InChI=1S/C18H21F2N5O4/c1-9(2)15(17-22-10(3)24-29-17)21-8-14-23-16(25-28-14)11-5-6-12(27-18(19)20)13(7-11)26-4/h5-7,9,15,18,21H,8H2,1-4H3. The van der Waals surface area contributed by atoms with Crippen molar-refractivity contribution in [2.45, 2.75) is 40.0 Å². The van der Waals surface area contributed by atoms with Crippen LogP contribution in [0.25, 0.3) is 11.4 Å². The zero-order valence-electron chi connectivity index (χ0n) is 16.3. The van der Waals surface area contributed by atoms with Crippen molar-refractivity contribution < 1.29 is 27.3 Å². The third-order valence-electron chi connectivity index (χ3n) is 4.06. The number of rotatable bonds is 9. The Morgan fingerprint density at radius 2 is 1.90 bits per heavy atom. The average Bonchev–Trinajstić information content (AvgIpc) is 3.31. The van der Waals surface area contributed by atoms with E-state index in [-0.39, 0.29) is 30.0 Å². The Kier molecular flexibility index (Phi) is 6.37. The summed E-state index contributed by atoms with van der Waals surface area (Å²) >= 11 is 0. The number of hydrogen-bond donors (Lipinski definition) is 1. The summed E-state index contributed by atoms with van der Waals surface area (Å²) in [5, 5.41) is 11.0. The molecule has 1 aromatic carbocycles. The minimum absolute atomic E-state index is 0.0775. The molecule has 0 radical (unpaired) electrons. The fourth-order valence-corrected chi connectivity index (χ4v) is 2.69. The van der Waals surface area contributed by atoms with E-state index in [1.807, 2.05) is 13.8 Å². The molecule has 0 spiro atoms. The minimum atomic E-state index is -2.95. The Hall–Kier alpha value is -3.08. The van der Waals surface area contributed by atoms with Crippen LogP contribution in [-0.4, -0.2) is 34.0 Å². The second kappa shape index (κ2) is 8.95. The topological polar surface area (TPSA) is 108 Å². The largest absolute Gasteiger partial charge is 0.493 e. The van der Waals surface area contributed by atoms with Gasteiger partial charge in [-0.2, -0.15) is 18.7 Å².